The van der Waals surface area contributed by atoms with Crippen LogP contribution < -0.4 is 24.8 Å². The Labute approximate surface area is 214 Å². The van der Waals surface area contributed by atoms with Crippen LogP contribution in [0, 0.1) is 17.3 Å². The van der Waals surface area contributed by atoms with E-state index in [1.807, 2.05) is 13.8 Å². The van der Waals surface area contributed by atoms with E-state index in [9.17, 15) is 9.59 Å². The number of nitrogens with zero attached hydrogens (tertiary/aromatic N) is 1. The number of hydrogen-bond acceptors (Lipinski definition) is 6. The van der Waals surface area contributed by atoms with Gasteiger partial charge >= 0.3 is 0 Å². The van der Waals surface area contributed by atoms with E-state index in [1.54, 1.807) is 56.8 Å². The lowest BCUT2D eigenvalue weighted by Gasteiger charge is -2.14. The Kier molecular flexibility index (Phi) is 6.16. The van der Waals surface area contributed by atoms with Gasteiger partial charge in [-0.05, 0) is 48.6 Å². The molecule has 2 aromatic carbocycles. The third-order valence-corrected chi connectivity index (χ3v) is 7.24. The predicted octanol–water partition coefficient (Wildman–Crippen LogP) is 5.19. The van der Waals surface area contributed by atoms with E-state index < -0.39 is 0 Å². The lowest BCUT2D eigenvalue weighted by molar-refractivity contribution is -0.125. The fourth-order valence-corrected chi connectivity index (χ4v) is 4.89. The molecular weight excluding hydrogens is 482 g/mol. The molecule has 2 saturated carbocycles. The summed E-state index contributed by atoms with van der Waals surface area (Å²) in [5, 5.41) is 6.97. The molecular formula is C27H28ClN3O5. The number of nitrogens with one attached hydrogen (secondary N) is 2. The molecule has 9 heteroatoms. The maximum absolute atomic E-state index is 13.0. The molecule has 1 aromatic heterocycles. The summed E-state index contributed by atoms with van der Waals surface area (Å²) in [5.41, 5.74) is 0.826. The number of hydrogen-bond donors (Lipinski definition) is 2. The Balaban J connectivity index is 1.31. The number of anilines is 1. The van der Waals surface area contributed by atoms with Crippen LogP contribution in [0.15, 0.2) is 42.6 Å². The summed E-state index contributed by atoms with van der Waals surface area (Å²) < 4.78 is 16.9. The van der Waals surface area contributed by atoms with E-state index in [1.165, 1.54) is 0 Å². The van der Waals surface area contributed by atoms with E-state index >= 15 is 0 Å². The second kappa shape index (κ2) is 9.17. The van der Waals surface area contributed by atoms with Crippen LogP contribution in [0.2, 0.25) is 5.02 Å². The molecule has 5 rings (SSSR count). The minimum atomic E-state index is -0.388. The van der Waals surface area contributed by atoms with Crippen LogP contribution in [0.25, 0.3) is 10.9 Å². The molecule has 0 unspecified atom stereocenters. The van der Waals surface area contributed by atoms with Gasteiger partial charge in [0.15, 0.2) is 11.5 Å². The van der Waals surface area contributed by atoms with Crippen molar-refractivity contribution in [2.75, 3.05) is 19.5 Å². The average Bonchev–Trinajstić information content (AvgIpc) is 3.76. The standard InChI is InChI=1S/C27H28ClN3O5/c1-27(2)23(25(32)30-14-5-6-14)24(27)26(33)31-15-7-8-20(17(28)11-15)36-19-9-10-29-18-13-22(35-4)21(34-3)12-16(18)19/h7-14,23-24H,5-6H2,1-4H3,(H,30,32)(H,31,33)/t23-,24+/m1/s1. The van der Waals surface area contributed by atoms with Crippen molar-refractivity contribution in [3.63, 3.8) is 0 Å². The van der Waals surface area contributed by atoms with Crippen molar-refractivity contribution in [2.45, 2.75) is 32.7 Å². The highest BCUT2D eigenvalue weighted by Crippen LogP contribution is 2.59. The fraction of sp³-hybridized carbons (Fsp3) is 0.370. The molecule has 2 aliphatic carbocycles. The minimum Gasteiger partial charge on any atom is -0.493 e. The normalized spacial score (nSPS) is 19.9. The zero-order valence-corrected chi connectivity index (χ0v) is 21.3. The van der Waals surface area contributed by atoms with Gasteiger partial charge in [-0.15, -0.1) is 0 Å². The number of amides is 2. The van der Waals surface area contributed by atoms with E-state index in [0.717, 1.165) is 18.2 Å². The number of fused-ring (bicyclic) bond motifs is 1. The molecule has 0 bridgehead atoms. The summed E-state index contributed by atoms with van der Waals surface area (Å²) in [6, 6.07) is 10.6. The number of aromatic nitrogens is 1. The Morgan fingerprint density at radius 2 is 1.64 bits per heavy atom. The summed E-state index contributed by atoms with van der Waals surface area (Å²) >= 11 is 6.51. The van der Waals surface area contributed by atoms with Crippen LogP contribution in [0.5, 0.6) is 23.0 Å². The van der Waals surface area contributed by atoms with E-state index in [-0.39, 0.29) is 35.1 Å². The van der Waals surface area contributed by atoms with Gasteiger partial charge in [0.05, 0.1) is 36.6 Å². The molecule has 2 N–H and O–H groups in total. The van der Waals surface area contributed by atoms with E-state index in [2.05, 4.69) is 15.6 Å². The van der Waals surface area contributed by atoms with Gasteiger partial charge in [0.1, 0.15) is 11.5 Å². The Hall–Kier alpha value is -3.52. The van der Waals surface area contributed by atoms with E-state index in [4.69, 9.17) is 25.8 Å². The molecule has 0 radical (unpaired) electrons. The van der Waals surface area contributed by atoms with E-state index in [0.29, 0.717) is 39.2 Å². The Morgan fingerprint density at radius 3 is 2.31 bits per heavy atom. The maximum Gasteiger partial charge on any atom is 0.228 e. The number of methoxy groups -OCH3 is 2. The summed E-state index contributed by atoms with van der Waals surface area (Å²) in [6.45, 7) is 3.89. The molecule has 0 spiro atoms. The van der Waals surface area contributed by atoms with Crippen LogP contribution >= 0.6 is 11.6 Å². The van der Waals surface area contributed by atoms with Gasteiger partial charge in [-0.1, -0.05) is 25.4 Å². The quantitative estimate of drug-likeness (QED) is 0.433. The average molecular weight is 510 g/mol. The molecule has 1 heterocycles. The summed E-state index contributed by atoms with van der Waals surface area (Å²) in [6.07, 6.45) is 3.67. The zero-order chi connectivity index (χ0) is 25.6. The lowest BCUT2D eigenvalue weighted by atomic mass is 10.1. The number of benzene rings is 2. The van der Waals surface area contributed by atoms with Crippen LogP contribution in [0.4, 0.5) is 5.69 Å². The molecule has 0 saturated heterocycles. The topological polar surface area (TPSA) is 98.8 Å². The second-order valence-electron chi connectivity index (χ2n) is 9.83. The van der Waals surface area contributed by atoms with Crippen molar-refractivity contribution in [3.05, 3.63) is 47.6 Å². The monoisotopic (exact) mass is 509 g/mol. The van der Waals surface area contributed by atoms with Gasteiger partial charge in [-0.3, -0.25) is 14.6 Å². The molecule has 2 fully saturated rings. The van der Waals surface area contributed by atoms with Gasteiger partial charge in [0.2, 0.25) is 11.8 Å². The SMILES string of the molecule is COc1cc2nccc(Oc3ccc(NC(=O)[C@@H]4[C@H](C(=O)NC5CC5)C4(C)C)cc3Cl)c2cc1OC. The first kappa shape index (κ1) is 24.2. The number of pyridine rings is 1. The number of carbonyl (C=O) groups is 2. The minimum absolute atomic E-state index is 0.0386. The molecule has 36 heavy (non-hydrogen) atoms. The molecule has 0 aliphatic heterocycles. The first-order chi connectivity index (χ1) is 17.2. The highest BCUT2D eigenvalue weighted by Gasteiger charge is 2.65. The molecule has 2 atom stereocenters. The molecule has 2 amide bonds. The summed E-state index contributed by atoms with van der Waals surface area (Å²) in [7, 11) is 3.13. The Morgan fingerprint density at radius 1 is 0.944 bits per heavy atom. The summed E-state index contributed by atoms with van der Waals surface area (Å²) in [5.74, 6) is 1.14. The smallest absolute Gasteiger partial charge is 0.228 e. The fourth-order valence-electron chi connectivity index (χ4n) is 4.67. The maximum atomic E-state index is 13.0. The van der Waals surface area contributed by atoms with Crippen LogP contribution in [0.1, 0.15) is 26.7 Å². The van der Waals surface area contributed by atoms with Crippen LogP contribution in [-0.2, 0) is 9.59 Å². The first-order valence-electron chi connectivity index (χ1n) is 11.8. The molecule has 8 nitrogen and oxygen atoms in total. The van der Waals surface area contributed by atoms with Crippen LogP contribution in [-0.4, -0.2) is 37.1 Å². The largest absolute Gasteiger partial charge is 0.493 e. The molecule has 3 aromatic rings. The zero-order valence-electron chi connectivity index (χ0n) is 20.6. The van der Waals surface area contributed by atoms with Gasteiger partial charge in [0, 0.05) is 29.4 Å². The predicted molar refractivity (Wildman–Crippen MR) is 137 cm³/mol. The van der Waals surface area contributed by atoms with Crippen molar-refractivity contribution < 1.29 is 23.8 Å². The van der Waals surface area contributed by atoms with Crippen molar-refractivity contribution in [1.82, 2.24) is 10.3 Å². The number of rotatable bonds is 8. The number of halogens is 1. The van der Waals surface area contributed by atoms with Crippen molar-refractivity contribution in [2.24, 2.45) is 17.3 Å². The second-order valence-corrected chi connectivity index (χ2v) is 10.2. The number of carbonyl (C=O) groups excluding carboxylic acids is 2. The van der Waals surface area contributed by atoms with Gasteiger partial charge in [0.25, 0.3) is 0 Å². The first-order valence-corrected chi connectivity index (χ1v) is 12.2. The van der Waals surface area contributed by atoms with Gasteiger partial charge < -0.3 is 24.8 Å². The highest BCUT2D eigenvalue weighted by atomic mass is 35.5. The highest BCUT2D eigenvalue weighted by molar-refractivity contribution is 6.32. The van der Waals surface area contributed by atoms with Crippen molar-refractivity contribution in [3.8, 4) is 23.0 Å². The third kappa shape index (κ3) is 4.53. The van der Waals surface area contributed by atoms with Gasteiger partial charge in [-0.2, -0.15) is 0 Å². The number of ether oxygens (including phenoxy) is 3. The third-order valence-electron chi connectivity index (χ3n) is 6.94. The van der Waals surface area contributed by atoms with Crippen molar-refractivity contribution in [1.29, 1.82) is 0 Å². The molecule has 2 aliphatic rings. The lowest BCUT2D eigenvalue weighted by Crippen LogP contribution is -2.29. The molecule has 188 valence electrons. The van der Waals surface area contributed by atoms with Crippen molar-refractivity contribution >= 4 is 40.0 Å². The van der Waals surface area contributed by atoms with Crippen LogP contribution in [0.3, 0.4) is 0 Å². The van der Waals surface area contributed by atoms with Gasteiger partial charge in [-0.25, -0.2) is 0 Å². The summed E-state index contributed by atoms with van der Waals surface area (Å²) in [4.78, 5) is 29.9. The Bertz CT molecular complexity index is 1350.